The van der Waals surface area contributed by atoms with E-state index >= 15 is 0 Å². The summed E-state index contributed by atoms with van der Waals surface area (Å²) in [6, 6.07) is 6.56. The number of hydrogen-bond acceptors (Lipinski definition) is 2. The maximum Gasteiger partial charge on any atom is 0.262 e. The smallest absolute Gasteiger partial charge is 0.262 e. The Bertz CT molecular complexity index is 696. The first kappa shape index (κ1) is 16.2. The molecule has 0 fully saturated rings. The van der Waals surface area contributed by atoms with Gasteiger partial charge in [0.2, 0.25) is 0 Å². The maximum atomic E-state index is 13.0. The molecule has 116 valence electrons. The summed E-state index contributed by atoms with van der Waals surface area (Å²) >= 11 is 6.05. The second-order valence-corrected chi connectivity index (χ2v) is 5.21. The van der Waals surface area contributed by atoms with Crippen LogP contribution in [0.2, 0.25) is 5.02 Å². The van der Waals surface area contributed by atoms with Crippen LogP contribution in [0.5, 0.6) is 5.75 Å². The second-order valence-electron chi connectivity index (χ2n) is 4.84. The normalized spacial score (nSPS) is 10.4. The molecule has 0 unspecified atom stereocenters. The minimum absolute atomic E-state index is 0.163. The molecule has 0 radical (unpaired) electrons. The lowest BCUT2D eigenvalue weighted by atomic mass is 10.1. The molecule has 2 rings (SSSR count). The summed E-state index contributed by atoms with van der Waals surface area (Å²) in [4.78, 5) is 11.7. The van der Waals surface area contributed by atoms with Gasteiger partial charge in [-0.3, -0.25) is 4.79 Å². The van der Waals surface area contributed by atoms with Gasteiger partial charge in [0.05, 0.1) is 0 Å². The molecule has 0 atom stereocenters. The van der Waals surface area contributed by atoms with Gasteiger partial charge in [0.1, 0.15) is 5.75 Å². The lowest BCUT2D eigenvalue weighted by Gasteiger charge is -2.10. The average Bonchev–Trinajstić information content (AvgIpc) is 2.46. The van der Waals surface area contributed by atoms with Gasteiger partial charge in [-0.25, -0.2) is 8.78 Å². The zero-order valence-electron chi connectivity index (χ0n) is 12.0. The van der Waals surface area contributed by atoms with Gasteiger partial charge in [-0.15, -0.1) is 0 Å². The molecule has 0 aromatic heterocycles. The lowest BCUT2D eigenvalue weighted by Crippen LogP contribution is -2.20. The topological polar surface area (TPSA) is 38.3 Å². The summed E-state index contributed by atoms with van der Waals surface area (Å²) in [5, 5.41) is 3.08. The minimum atomic E-state index is -1.03. The fourth-order valence-electron chi connectivity index (χ4n) is 1.91. The van der Waals surface area contributed by atoms with E-state index in [-0.39, 0.29) is 12.3 Å². The van der Waals surface area contributed by atoms with Gasteiger partial charge >= 0.3 is 0 Å². The minimum Gasteiger partial charge on any atom is -0.484 e. The first-order valence-corrected chi connectivity index (χ1v) is 6.89. The molecule has 0 aliphatic carbocycles. The number of carbonyl (C=O) groups is 1. The molecule has 0 heterocycles. The Morgan fingerprint density at radius 3 is 2.36 bits per heavy atom. The highest BCUT2D eigenvalue weighted by Gasteiger charge is 2.08. The Morgan fingerprint density at radius 1 is 1.14 bits per heavy atom. The lowest BCUT2D eigenvalue weighted by molar-refractivity contribution is -0.118. The highest BCUT2D eigenvalue weighted by molar-refractivity contribution is 6.32. The zero-order chi connectivity index (χ0) is 16.3. The summed E-state index contributed by atoms with van der Waals surface area (Å²) in [6.07, 6.45) is 0. The Kier molecular flexibility index (Phi) is 4.98. The molecule has 0 saturated heterocycles. The van der Waals surface area contributed by atoms with E-state index in [0.717, 1.165) is 23.3 Å². The molecular formula is C16H14ClF2NO2. The van der Waals surface area contributed by atoms with Crippen molar-refractivity contribution in [2.45, 2.75) is 13.8 Å². The largest absolute Gasteiger partial charge is 0.484 e. The van der Waals surface area contributed by atoms with E-state index in [9.17, 15) is 13.6 Å². The van der Waals surface area contributed by atoms with Crippen molar-refractivity contribution >= 4 is 23.2 Å². The number of aryl methyl sites for hydroxylation is 2. The Hall–Kier alpha value is -2.14. The molecule has 0 saturated carbocycles. The van der Waals surface area contributed by atoms with Gasteiger partial charge in [-0.1, -0.05) is 11.6 Å². The molecule has 0 bridgehead atoms. The number of halogens is 3. The third-order valence-electron chi connectivity index (χ3n) is 2.98. The number of hydrogen-bond donors (Lipinski definition) is 1. The quantitative estimate of drug-likeness (QED) is 0.912. The third kappa shape index (κ3) is 3.95. The fourth-order valence-corrected chi connectivity index (χ4v) is 2.02. The van der Waals surface area contributed by atoms with Gasteiger partial charge in [-0.05, 0) is 49.2 Å². The Morgan fingerprint density at radius 2 is 1.77 bits per heavy atom. The van der Waals surface area contributed by atoms with E-state index < -0.39 is 17.5 Å². The van der Waals surface area contributed by atoms with Crippen LogP contribution < -0.4 is 10.1 Å². The molecule has 2 aromatic rings. The second kappa shape index (κ2) is 6.75. The molecule has 22 heavy (non-hydrogen) atoms. The van der Waals surface area contributed by atoms with Gasteiger partial charge in [0.25, 0.3) is 5.91 Å². The van der Waals surface area contributed by atoms with Gasteiger partial charge in [-0.2, -0.15) is 0 Å². The van der Waals surface area contributed by atoms with Crippen molar-refractivity contribution < 1.29 is 18.3 Å². The van der Waals surface area contributed by atoms with Crippen molar-refractivity contribution in [1.29, 1.82) is 0 Å². The van der Waals surface area contributed by atoms with Crippen LogP contribution in [0.3, 0.4) is 0 Å². The predicted octanol–water partition coefficient (Wildman–Crippen LogP) is 4.25. The summed E-state index contributed by atoms with van der Waals surface area (Å²) in [7, 11) is 0. The van der Waals surface area contributed by atoms with Crippen molar-refractivity contribution in [1.82, 2.24) is 0 Å². The summed E-state index contributed by atoms with van der Waals surface area (Å²) in [5.41, 5.74) is 1.85. The van der Waals surface area contributed by atoms with Crippen molar-refractivity contribution in [2.75, 3.05) is 11.9 Å². The van der Waals surface area contributed by atoms with E-state index in [2.05, 4.69) is 5.32 Å². The van der Waals surface area contributed by atoms with Crippen LogP contribution in [0, 0.1) is 25.5 Å². The van der Waals surface area contributed by atoms with Gasteiger partial charge in [0.15, 0.2) is 18.2 Å². The highest BCUT2D eigenvalue weighted by atomic mass is 35.5. The molecular weight excluding hydrogens is 312 g/mol. The van der Waals surface area contributed by atoms with Crippen molar-refractivity contribution in [3.63, 3.8) is 0 Å². The zero-order valence-corrected chi connectivity index (χ0v) is 12.8. The van der Waals surface area contributed by atoms with Crippen LogP contribution in [0.15, 0.2) is 30.3 Å². The average molecular weight is 326 g/mol. The van der Waals surface area contributed by atoms with Crippen LogP contribution in [-0.4, -0.2) is 12.5 Å². The van der Waals surface area contributed by atoms with Crippen molar-refractivity contribution in [3.8, 4) is 5.75 Å². The number of anilines is 1. The standard InChI is InChI=1S/C16H14ClF2NO2/c1-9-5-12(6-10(2)16(9)17)22-8-15(21)20-11-3-4-13(18)14(19)7-11/h3-7H,8H2,1-2H3,(H,20,21). The molecule has 0 aliphatic rings. The Labute approximate surface area is 131 Å². The third-order valence-corrected chi connectivity index (χ3v) is 3.58. The van der Waals surface area contributed by atoms with Gasteiger partial charge < -0.3 is 10.1 Å². The summed E-state index contributed by atoms with van der Waals surface area (Å²) in [5.74, 6) is -1.96. The molecule has 6 heteroatoms. The molecule has 1 amide bonds. The highest BCUT2D eigenvalue weighted by Crippen LogP contribution is 2.25. The van der Waals surface area contributed by atoms with E-state index in [1.54, 1.807) is 12.1 Å². The summed E-state index contributed by atoms with van der Waals surface area (Å²) < 4.78 is 31.2. The molecule has 1 N–H and O–H groups in total. The maximum absolute atomic E-state index is 13.0. The van der Waals surface area contributed by atoms with Crippen LogP contribution in [0.25, 0.3) is 0 Å². The fraction of sp³-hybridized carbons (Fsp3) is 0.188. The number of nitrogens with one attached hydrogen (secondary N) is 1. The first-order chi connectivity index (χ1) is 10.4. The number of amides is 1. The van der Waals surface area contributed by atoms with E-state index in [1.165, 1.54) is 6.07 Å². The molecule has 0 aliphatic heterocycles. The van der Waals surface area contributed by atoms with E-state index in [1.807, 2.05) is 13.8 Å². The number of ether oxygens (including phenoxy) is 1. The van der Waals surface area contributed by atoms with Crippen LogP contribution in [-0.2, 0) is 4.79 Å². The molecule has 3 nitrogen and oxygen atoms in total. The number of benzene rings is 2. The van der Waals surface area contributed by atoms with E-state index in [4.69, 9.17) is 16.3 Å². The van der Waals surface area contributed by atoms with Crippen LogP contribution >= 0.6 is 11.6 Å². The van der Waals surface area contributed by atoms with Gasteiger partial charge in [0, 0.05) is 16.8 Å². The molecule has 0 spiro atoms. The number of rotatable bonds is 4. The predicted molar refractivity (Wildman–Crippen MR) is 81.4 cm³/mol. The molecule has 2 aromatic carbocycles. The van der Waals surface area contributed by atoms with Crippen molar-refractivity contribution in [2.24, 2.45) is 0 Å². The Balaban J connectivity index is 1.96. The number of carbonyl (C=O) groups excluding carboxylic acids is 1. The van der Waals surface area contributed by atoms with Crippen LogP contribution in [0.1, 0.15) is 11.1 Å². The van der Waals surface area contributed by atoms with Crippen molar-refractivity contribution in [3.05, 3.63) is 58.1 Å². The monoisotopic (exact) mass is 325 g/mol. The SMILES string of the molecule is Cc1cc(OCC(=O)Nc2ccc(F)c(F)c2)cc(C)c1Cl. The summed E-state index contributed by atoms with van der Waals surface area (Å²) in [6.45, 7) is 3.42. The van der Waals surface area contributed by atoms with Crippen LogP contribution in [0.4, 0.5) is 14.5 Å². The van der Waals surface area contributed by atoms with E-state index in [0.29, 0.717) is 10.8 Å². The first-order valence-electron chi connectivity index (χ1n) is 6.51.